The first-order valence-electron chi connectivity index (χ1n) is 10.3. The quantitative estimate of drug-likeness (QED) is 0.748. The number of likely N-dealkylation sites (N-methyl/N-ethyl adjacent to an activating group) is 1. The van der Waals surface area contributed by atoms with Crippen LogP contribution in [0.3, 0.4) is 0 Å². The number of rotatable bonds is 6. The van der Waals surface area contributed by atoms with Crippen molar-refractivity contribution in [3.8, 4) is 0 Å². The summed E-state index contributed by atoms with van der Waals surface area (Å²) in [6.07, 6.45) is 8.42. The number of amides is 2. The molecule has 8 heteroatoms. The molecule has 1 saturated carbocycles. The first-order chi connectivity index (χ1) is 13.0. The molecule has 2 atom stereocenters. The molecule has 7 nitrogen and oxygen atoms in total. The van der Waals surface area contributed by atoms with Crippen LogP contribution in [0.1, 0.15) is 57.4 Å². The van der Waals surface area contributed by atoms with Gasteiger partial charge in [-0.2, -0.15) is 5.10 Å². The van der Waals surface area contributed by atoms with Crippen molar-refractivity contribution in [2.45, 2.75) is 57.4 Å². The largest absolute Gasteiger partial charge is 0.341 e. The summed E-state index contributed by atoms with van der Waals surface area (Å²) in [5.41, 5.74) is 0.346. The minimum atomic E-state index is -0.733. The molecular formula is C20H34ClN5O2. The molecule has 0 unspecified atom stereocenters. The number of carbonyl (C=O) groups is 2. The van der Waals surface area contributed by atoms with Crippen LogP contribution in [0.4, 0.5) is 0 Å². The average Bonchev–Trinajstić information content (AvgIpc) is 3.32. The lowest BCUT2D eigenvalue weighted by Gasteiger charge is -2.40. The van der Waals surface area contributed by atoms with Crippen LogP contribution in [0.15, 0.2) is 12.4 Å². The third kappa shape index (κ3) is 4.51. The minimum absolute atomic E-state index is 0. The standard InChI is InChI=1S/C20H33N5O2.ClH/c1-4-25(5-2)19(27)20(9-7-6-8-10-20)23-18(26)17-13-21-12-16(17)15-11-22-24(3)14-15;/h11,14,16-17,21H,4-10,12-13H2,1-3H3,(H,23,26);1H/t16-,17+;/m1./s1. The lowest BCUT2D eigenvalue weighted by Crippen LogP contribution is -2.61. The Morgan fingerprint density at radius 1 is 1.25 bits per heavy atom. The number of aromatic nitrogens is 2. The number of nitrogens with one attached hydrogen (secondary N) is 2. The van der Waals surface area contributed by atoms with Gasteiger partial charge in [0.15, 0.2) is 0 Å². The number of hydrogen-bond acceptors (Lipinski definition) is 4. The van der Waals surface area contributed by atoms with Crippen LogP contribution in [0.5, 0.6) is 0 Å². The summed E-state index contributed by atoms with van der Waals surface area (Å²) in [6.45, 7) is 6.76. The molecule has 0 aromatic carbocycles. The molecule has 0 radical (unpaired) electrons. The van der Waals surface area contributed by atoms with Crippen molar-refractivity contribution in [1.29, 1.82) is 0 Å². The fraction of sp³-hybridized carbons (Fsp3) is 0.750. The molecule has 1 aromatic heterocycles. The normalized spacial score (nSPS) is 23.7. The number of aryl methyl sites for hydroxylation is 1. The van der Waals surface area contributed by atoms with Crippen LogP contribution >= 0.6 is 12.4 Å². The lowest BCUT2D eigenvalue weighted by molar-refractivity contribution is -0.144. The van der Waals surface area contributed by atoms with Gasteiger partial charge in [0, 0.05) is 45.3 Å². The van der Waals surface area contributed by atoms with E-state index in [1.165, 1.54) is 0 Å². The molecule has 2 amide bonds. The van der Waals surface area contributed by atoms with Gasteiger partial charge in [-0.05, 0) is 32.3 Å². The summed E-state index contributed by atoms with van der Waals surface area (Å²) in [5, 5.41) is 10.8. The van der Waals surface area contributed by atoms with Crippen molar-refractivity contribution >= 4 is 24.2 Å². The van der Waals surface area contributed by atoms with E-state index in [1.54, 1.807) is 4.68 Å². The number of carbonyl (C=O) groups excluding carboxylic acids is 2. The molecule has 1 aliphatic heterocycles. The Morgan fingerprint density at radius 2 is 1.93 bits per heavy atom. The number of hydrogen-bond donors (Lipinski definition) is 2. The Morgan fingerprint density at radius 3 is 2.50 bits per heavy atom. The first-order valence-corrected chi connectivity index (χ1v) is 10.3. The van der Waals surface area contributed by atoms with Gasteiger partial charge in [-0.1, -0.05) is 19.3 Å². The molecule has 1 saturated heterocycles. The van der Waals surface area contributed by atoms with Crippen LogP contribution < -0.4 is 10.6 Å². The van der Waals surface area contributed by atoms with Gasteiger partial charge in [-0.3, -0.25) is 14.3 Å². The van der Waals surface area contributed by atoms with Gasteiger partial charge in [-0.25, -0.2) is 0 Å². The lowest BCUT2D eigenvalue weighted by atomic mass is 9.79. The van der Waals surface area contributed by atoms with Gasteiger partial charge in [0.05, 0.1) is 12.1 Å². The van der Waals surface area contributed by atoms with E-state index in [0.29, 0.717) is 19.6 Å². The number of nitrogens with zero attached hydrogens (tertiary/aromatic N) is 3. The van der Waals surface area contributed by atoms with Crippen molar-refractivity contribution in [2.75, 3.05) is 26.2 Å². The van der Waals surface area contributed by atoms with E-state index in [9.17, 15) is 9.59 Å². The van der Waals surface area contributed by atoms with E-state index < -0.39 is 5.54 Å². The summed E-state index contributed by atoms with van der Waals surface area (Å²) >= 11 is 0. The van der Waals surface area contributed by atoms with Gasteiger partial charge in [0.25, 0.3) is 0 Å². The van der Waals surface area contributed by atoms with Gasteiger partial charge in [0.1, 0.15) is 5.54 Å². The van der Waals surface area contributed by atoms with E-state index in [1.807, 2.05) is 38.2 Å². The van der Waals surface area contributed by atoms with Crippen molar-refractivity contribution in [1.82, 2.24) is 25.3 Å². The topological polar surface area (TPSA) is 79.3 Å². The molecular weight excluding hydrogens is 378 g/mol. The highest BCUT2D eigenvalue weighted by molar-refractivity contribution is 5.92. The van der Waals surface area contributed by atoms with E-state index in [0.717, 1.165) is 44.2 Å². The number of halogens is 1. The summed E-state index contributed by atoms with van der Waals surface area (Å²) in [7, 11) is 1.89. The highest BCUT2D eigenvalue weighted by Crippen LogP contribution is 2.33. The zero-order valence-electron chi connectivity index (χ0n) is 17.2. The predicted molar refractivity (Wildman–Crippen MR) is 111 cm³/mol. The molecule has 0 spiro atoms. The van der Waals surface area contributed by atoms with Crippen molar-refractivity contribution in [3.05, 3.63) is 18.0 Å². The molecule has 3 rings (SSSR count). The molecule has 158 valence electrons. The van der Waals surface area contributed by atoms with Crippen LogP contribution in [-0.4, -0.2) is 58.2 Å². The van der Waals surface area contributed by atoms with Crippen LogP contribution in [0.25, 0.3) is 0 Å². The molecule has 1 aromatic rings. The minimum Gasteiger partial charge on any atom is -0.341 e. The Balaban J connectivity index is 0.00000280. The maximum atomic E-state index is 13.3. The Hall–Kier alpha value is -1.60. The van der Waals surface area contributed by atoms with E-state index >= 15 is 0 Å². The SMILES string of the molecule is CCN(CC)C(=O)C1(NC(=O)[C@H]2CNC[C@@H]2c2cnn(C)c2)CCCCC1.Cl. The summed E-state index contributed by atoms with van der Waals surface area (Å²) in [4.78, 5) is 28.4. The molecule has 2 fully saturated rings. The van der Waals surface area contributed by atoms with Crippen molar-refractivity contribution < 1.29 is 9.59 Å². The second kappa shape index (κ2) is 9.74. The van der Waals surface area contributed by atoms with Crippen molar-refractivity contribution in [3.63, 3.8) is 0 Å². The van der Waals surface area contributed by atoms with Crippen LogP contribution in [-0.2, 0) is 16.6 Å². The third-order valence-electron chi connectivity index (χ3n) is 6.23. The molecule has 0 bridgehead atoms. The molecule has 2 aliphatic rings. The smallest absolute Gasteiger partial charge is 0.248 e. The third-order valence-corrected chi connectivity index (χ3v) is 6.23. The van der Waals surface area contributed by atoms with E-state index in [4.69, 9.17) is 0 Å². The Bertz CT molecular complexity index is 667. The monoisotopic (exact) mass is 411 g/mol. The average molecular weight is 412 g/mol. The highest BCUT2D eigenvalue weighted by atomic mass is 35.5. The van der Waals surface area contributed by atoms with Crippen molar-refractivity contribution in [2.24, 2.45) is 13.0 Å². The van der Waals surface area contributed by atoms with E-state index in [-0.39, 0.29) is 36.1 Å². The second-order valence-corrected chi connectivity index (χ2v) is 7.93. The van der Waals surface area contributed by atoms with Gasteiger partial charge >= 0.3 is 0 Å². The zero-order valence-corrected chi connectivity index (χ0v) is 18.1. The maximum absolute atomic E-state index is 13.3. The predicted octanol–water partition coefficient (Wildman–Crippen LogP) is 1.83. The molecule has 2 heterocycles. The summed E-state index contributed by atoms with van der Waals surface area (Å²) < 4.78 is 1.77. The maximum Gasteiger partial charge on any atom is 0.248 e. The Kier molecular flexibility index (Phi) is 7.89. The van der Waals surface area contributed by atoms with Gasteiger partial charge in [-0.15, -0.1) is 12.4 Å². The fourth-order valence-corrected chi connectivity index (χ4v) is 4.63. The first kappa shape index (κ1) is 22.7. The van der Waals surface area contributed by atoms with Gasteiger partial charge in [0.2, 0.25) is 11.8 Å². The Labute approximate surface area is 174 Å². The molecule has 1 aliphatic carbocycles. The molecule has 2 N–H and O–H groups in total. The summed E-state index contributed by atoms with van der Waals surface area (Å²) in [6, 6.07) is 0. The van der Waals surface area contributed by atoms with Crippen LogP contribution in [0, 0.1) is 5.92 Å². The van der Waals surface area contributed by atoms with Crippen LogP contribution in [0.2, 0.25) is 0 Å². The zero-order chi connectivity index (χ0) is 19.4. The van der Waals surface area contributed by atoms with Gasteiger partial charge < -0.3 is 15.5 Å². The fourth-order valence-electron chi connectivity index (χ4n) is 4.63. The summed E-state index contributed by atoms with van der Waals surface area (Å²) in [5.74, 6) is 0.0149. The van der Waals surface area contributed by atoms with E-state index in [2.05, 4.69) is 15.7 Å². The molecule has 28 heavy (non-hydrogen) atoms. The second-order valence-electron chi connectivity index (χ2n) is 7.93. The highest BCUT2D eigenvalue weighted by Gasteiger charge is 2.45.